The van der Waals surface area contributed by atoms with Gasteiger partial charge in [-0.3, -0.25) is 14.4 Å². The molecule has 0 unspecified atom stereocenters. The number of Topliss-reactive ketones (excluding diaryl/α,β-unsaturated/α-hetero) is 1. The zero-order valence-electron chi connectivity index (χ0n) is 20.6. The maximum atomic E-state index is 12.8. The Hall–Kier alpha value is -3.62. The second kappa shape index (κ2) is 10.8. The van der Waals surface area contributed by atoms with Gasteiger partial charge in [0.25, 0.3) is 5.91 Å². The number of ketones is 1. The van der Waals surface area contributed by atoms with E-state index in [1.807, 2.05) is 38.2 Å². The molecule has 10 heteroatoms. The van der Waals surface area contributed by atoms with Crippen LogP contribution in [-0.4, -0.2) is 36.6 Å². The van der Waals surface area contributed by atoms with Crippen LogP contribution in [0.1, 0.15) is 37.7 Å². The first-order valence-corrected chi connectivity index (χ1v) is 12.4. The van der Waals surface area contributed by atoms with E-state index in [1.165, 1.54) is 13.8 Å². The molecule has 0 spiro atoms. The molecule has 0 aliphatic heterocycles. The van der Waals surface area contributed by atoms with Crippen molar-refractivity contribution in [3.05, 3.63) is 64.3 Å². The van der Waals surface area contributed by atoms with Crippen molar-refractivity contribution in [3.8, 4) is 22.4 Å². The number of carbonyl (C=O) groups is 3. The third-order valence-corrected chi connectivity index (χ3v) is 6.32. The molecule has 0 saturated heterocycles. The number of hydrogen-bond donors (Lipinski definition) is 1. The van der Waals surface area contributed by atoms with Gasteiger partial charge in [0.05, 0.1) is 11.1 Å². The minimum atomic E-state index is -1.08. The molecular formula is C27H23BCl2N2O5. The second-order valence-electron chi connectivity index (χ2n) is 8.55. The van der Waals surface area contributed by atoms with Gasteiger partial charge in [-0.25, -0.2) is 4.98 Å². The van der Waals surface area contributed by atoms with Crippen LogP contribution in [0, 0.1) is 0 Å². The number of pyridine rings is 1. The zero-order valence-corrected chi connectivity index (χ0v) is 22.2. The lowest BCUT2D eigenvalue weighted by atomic mass is 9.92. The van der Waals surface area contributed by atoms with Gasteiger partial charge in [-0.05, 0) is 36.8 Å². The summed E-state index contributed by atoms with van der Waals surface area (Å²) in [5.74, 6) is -1.57. The summed E-state index contributed by atoms with van der Waals surface area (Å²) < 4.78 is 10.9. The lowest BCUT2D eigenvalue weighted by Crippen LogP contribution is -2.29. The number of halogens is 2. The van der Waals surface area contributed by atoms with Crippen LogP contribution in [0.4, 0.5) is 5.69 Å². The maximum absolute atomic E-state index is 12.8. The van der Waals surface area contributed by atoms with Crippen LogP contribution in [-0.2, 0) is 14.3 Å². The van der Waals surface area contributed by atoms with Crippen LogP contribution in [0.25, 0.3) is 33.5 Å². The lowest BCUT2D eigenvalue weighted by Gasteiger charge is -2.13. The smallest absolute Gasteiger partial charge is 0.303 e. The molecule has 188 valence electrons. The highest BCUT2D eigenvalue weighted by Gasteiger charge is 2.27. The van der Waals surface area contributed by atoms with Crippen LogP contribution in [0.2, 0.25) is 10.0 Å². The zero-order chi connectivity index (χ0) is 26.9. The van der Waals surface area contributed by atoms with Gasteiger partial charge in [0.1, 0.15) is 13.5 Å². The Bertz CT molecular complexity index is 1530. The van der Waals surface area contributed by atoms with Crippen molar-refractivity contribution in [1.29, 1.82) is 0 Å². The minimum Gasteiger partial charge on any atom is -0.453 e. The molecule has 0 aliphatic carbocycles. The molecular weight excluding hydrogens is 514 g/mol. The summed E-state index contributed by atoms with van der Waals surface area (Å²) in [6, 6.07) is 14.6. The molecule has 37 heavy (non-hydrogen) atoms. The first-order valence-electron chi connectivity index (χ1n) is 11.6. The molecule has 2 aromatic heterocycles. The summed E-state index contributed by atoms with van der Waals surface area (Å²) in [5.41, 5.74) is 3.99. The Morgan fingerprint density at radius 3 is 2.41 bits per heavy atom. The summed E-state index contributed by atoms with van der Waals surface area (Å²) >= 11 is 12.7. The summed E-state index contributed by atoms with van der Waals surface area (Å²) in [6.45, 7) is 4.34. The number of nitrogens with zero attached hydrogens (tertiary/aromatic N) is 1. The quantitative estimate of drug-likeness (QED) is 0.198. The molecule has 1 N–H and O–H groups in total. The average molecular weight is 537 g/mol. The van der Waals surface area contributed by atoms with Crippen molar-refractivity contribution in [2.75, 3.05) is 5.32 Å². The van der Waals surface area contributed by atoms with Crippen LogP contribution >= 0.6 is 23.2 Å². The van der Waals surface area contributed by atoms with Gasteiger partial charge in [-0.15, -0.1) is 0 Å². The van der Waals surface area contributed by atoms with E-state index in [2.05, 4.69) is 5.32 Å². The Morgan fingerprint density at radius 2 is 1.78 bits per heavy atom. The number of ether oxygens (including phenoxy) is 1. The topological polar surface area (TPSA) is 98.5 Å². The number of amides is 1. The molecule has 4 aromatic rings. The van der Waals surface area contributed by atoms with Gasteiger partial charge in [0.2, 0.25) is 5.71 Å². The van der Waals surface area contributed by atoms with Gasteiger partial charge in [0.15, 0.2) is 17.6 Å². The van der Waals surface area contributed by atoms with Gasteiger partial charge in [-0.1, -0.05) is 59.9 Å². The number of anilines is 1. The van der Waals surface area contributed by atoms with E-state index >= 15 is 0 Å². The van der Waals surface area contributed by atoms with Crippen molar-refractivity contribution in [2.24, 2.45) is 0 Å². The van der Waals surface area contributed by atoms with Crippen molar-refractivity contribution in [2.45, 2.75) is 33.3 Å². The predicted octanol–water partition coefficient (Wildman–Crippen LogP) is 5.21. The highest BCUT2D eigenvalue weighted by Crippen LogP contribution is 2.40. The fraction of sp³-hybridized carbons (Fsp3) is 0.185. The number of aromatic nitrogens is 1. The molecule has 0 bridgehead atoms. The van der Waals surface area contributed by atoms with Crippen molar-refractivity contribution in [3.63, 3.8) is 0 Å². The number of esters is 1. The van der Waals surface area contributed by atoms with Crippen LogP contribution in [0.3, 0.4) is 0 Å². The van der Waals surface area contributed by atoms with Crippen LogP contribution in [0.5, 0.6) is 0 Å². The summed E-state index contributed by atoms with van der Waals surface area (Å²) in [7, 11) is 1.94. The molecule has 7 nitrogen and oxygen atoms in total. The Labute approximate surface area is 224 Å². The summed E-state index contributed by atoms with van der Waals surface area (Å²) in [5, 5.41) is 4.19. The molecule has 0 aliphatic rings. The first kappa shape index (κ1) is 26.4. The normalized spacial score (nSPS) is 11.8. The van der Waals surface area contributed by atoms with E-state index in [0.717, 1.165) is 11.0 Å². The lowest BCUT2D eigenvalue weighted by molar-refractivity contribution is -0.150. The Morgan fingerprint density at radius 1 is 1.08 bits per heavy atom. The van der Waals surface area contributed by atoms with Crippen molar-refractivity contribution < 1.29 is 23.5 Å². The number of fused-ring (bicyclic) bond motifs is 1. The van der Waals surface area contributed by atoms with Gasteiger partial charge in [0, 0.05) is 34.5 Å². The number of furan rings is 1. The molecule has 2 aromatic carbocycles. The number of carbonyl (C=O) groups excluding carboxylic acids is 3. The SMILES string of the molecule is Bc1ccc(-c2nc3oc(C(=O)CC)c(NC(=O)[C@H](C)OC(C)=O)c3cc2-c2ccc(Cl)cc2)c(Cl)c1. The summed E-state index contributed by atoms with van der Waals surface area (Å²) in [4.78, 5) is 41.7. The van der Waals surface area contributed by atoms with Crippen molar-refractivity contribution in [1.82, 2.24) is 4.98 Å². The van der Waals surface area contributed by atoms with Gasteiger partial charge >= 0.3 is 5.97 Å². The van der Waals surface area contributed by atoms with Crippen molar-refractivity contribution >= 4 is 71.0 Å². The third-order valence-electron chi connectivity index (χ3n) is 5.75. The van der Waals surface area contributed by atoms with E-state index in [9.17, 15) is 14.4 Å². The molecule has 0 saturated carbocycles. The first-order chi connectivity index (χ1) is 17.6. The fourth-order valence-electron chi connectivity index (χ4n) is 3.90. The largest absolute Gasteiger partial charge is 0.453 e. The van der Waals surface area contributed by atoms with E-state index in [-0.39, 0.29) is 29.4 Å². The molecule has 0 radical (unpaired) electrons. The standard InChI is InChI=1S/C27H23BCl2N2O5/c1-4-22(34)25-24(31-26(35)13(2)36-14(3)33)20-12-19(15-5-8-17(29)9-6-15)23(32-27(20)37-25)18-10-7-16(28)11-21(18)30/h5-13H,4,28H2,1-3H3,(H,31,35)/t13-/m0/s1. The van der Waals surface area contributed by atoms with Crippen LogP contribution in [0.15, 0.2) is 52.9 Å². The number of rotatable bonds is 7. The van der Waals surface area contributed by atoms with E-state index in [4.69, 9.17) is 37.3 Å². The van der Waals surface area contributed by atoms with E-state index in [1.54, 1.807) is 25.1 Å². The Balaban J connectivity index is 1.98. The number of benzene rings is 2. The van der Waals surface area contributed by atoms with Crippen LogP contribution < -0.4 is 10.8 Å². The number of hydrogen-bond acceptors (Lipinski definition) is 6. The predicted molar refractivity (Wildman–Crippen MR) is 148 cm³/mol. The van der Waals surface area contributed by atoms with Gasteiger partial charge < -0.3 is 14.5 Å². The molecule has 4 rings (SSSR count). The summed E-state index contributed by atoms with van der Waals surface area (Å²) in [6.07, 6.45) is -0.940. The van der Waals surface area contributed by atoms with E-state index in [0.29, 0.717) is 32.3 Å². The highest BCUT2D eigenvalue weighted by atomic mass is 35.5. The highest BCUT2D eigenvalue weighted by molar-refractivity contribution is 6.38. The maximum Gasteiger partial charge on any atom is 0.303 e. The molecule has 1 atom stereocenters. The molecule has 0 fully saturated rings. The third kappa shape index (κ3) is 5.55. The van der Waals surface area contributed by atoms with E-state index < -0.39 is 18.0 Å². The molecule has 1 amide bonds. The monoisotopic (exact) mass is 536 g/mol. The van der Waals surface area contributed by atoms with Gasteiger partial charge in [-0.2, -0.15) is 0 Å². The average Bonchev–Trinajstić information content (AvgIpc) is 3.20. The fourth-order valence-corrected chi connectivity index (χ4v) is 4.35. The Kier molecular flexibility index (Phi) is 7.71. The second-order valence-corrected chi connectivity index (χ2v) is 9.39. The number of nitrogens with one attached hydrogen (secondary N) is 1. The molecule has 2 heterocycles. The minimum absolute atomic E-state index is 0.0393.